The molecule has 106 valence electrons. The zero-order valence-electron chi connectivity index (χ0n) is 10.6. The predicted octanol–water partition coefficient (Wildman–Crippen LogP) is 2.02. The molecule has 0 saturated carbocycles. The molecule has 1 aliphatic heterocycles. The normalized spacial score (nSPS) is 14.1. The highest BCUT2D eigenvalue weighted by Gasteiger charge is 2.20. The van der Waals surface area contributed by atoms with Crippen molar-refractivity contribution in [2.75, 3.05) is 17.9 Å². The molecular formula is C12H12N2O4S2. The fraction of sp³-hybridized carbons (Fsp3) is 0.250. The highest BCUT2D eigenvalue weighted by molar-refractivity contribution is 7.93. The number of fused-ring (bicyclic) bond motifs is 1. The molecule has 20 heavy (non-hydrogen) atoms. The van der Waals surface area contributed by atoms with Crippen molar-refractivity contribution >= 4 is 26.5 Å². The average Bonchev–Trinajstić information content (AvgIpc) is 2.83. The summed E-state index contributed by atoms with van der Waals surface area (Å²) in [5.74, 6) is 0.995. The van der Waals surface area contributed by atoms with Gasteiger partial charge in [-0.2, -0.15) is 0 Å². The van der Waals surface area contributed by atoms with Gasteiger partial charge >= 0.3 is 0 Å². The highest BCUT2D eigenvalue weighted by atomic mass is 32.2. The third kappa shape index (κ3) is 2.56. The zero-order valence-corrected chi connectivity index (χ0v) is 12.3. The monoisotopic (exact) mass is 312 g/mol. The number of nitrogens with one attached hydrogen (secondary N) is 1. The second-order valence-electron chi connectivity index (χ2n) is 4.19. The van der Waals surface area contributed by atoms with Crippen molar-refractivity contribution in [1.82, 2.24) is 4.98 Å². The topological polar surface area (TPSA) is 77.5 Å². The van der Waals surface area contributed by atoms with E-state index in [9.17, 15) is 8.42 Å². The SMILES string of the molecule is Cc1cnc(NS(=O)(=O)c2ccc3c(c2)OCCO3)s1. The van der Waals surface area contributed by atoms with E-state index in [1.54, 1.807) is 12.3 Å². The molecule has 0 radical (unpaired) electrons. The summed E-state index contributed by atoms with van der Waals surface area (Å²) in [7, 11) is -3.67. The van der Waals surface area contributed by atoms with Gasteiger partial charge in [0.05, 0.1) is 4.90 Å². The van der Waals surface area contributed by atoms with Crippen molar-refractivity contribution in [3.8, 4) is 11.5 Å². The Balaban J connectivity index is 1.91. The number of aryl methyl sites for hydroxylation is 1. The first-order valence-corrected chi connectivity index (χ1v) is 8.19. The molecule has 0 saturated heterocycles. The molecule has 0 aliphatic carbocycles. The summed E-state index contributed by atoms with van der Waals surface area (Å²) in [5.41, 5.74) is 0. The highest BCUT2D eigenvalue weighted by Crippen LogP contribution is 2.33. The molecule has 6 nitrogen and oxygen atoms in total. The Kier molecular flexibility index (Phi) is 3.27. The van der Waals surface area contributed by atoms with Crippen LogP contribution in [0.1, 0.15) is 4.88 Å². The molecule has 2 heterocycles. The van der Waals surface area contributed by atoms with Crippen molar-refractivity contribution < 1.29 is 17.9 Å². The Morgan fingerprint density at radius 1 is 1.25 bits per heavy atom. The Bertz CT molecular complexity index is 740. The minimum atomic E-state index is -3.67. The van der Waals surface area contributed by atoms with Crippen molar-refractivity contribution in [2.45, 2.75) is 11.8 Å². The summed E-state index contributed by atoms with van der Waals surface area (Å²) in [6, 6.07) is 4.53. The Morgan fingerprint density at radius 2 is 2.00 bits per heavy atom. The van der Waals surface area contributed by atoms with E-state index in [0.717, 1.165) is 4.88 Å². The van der Waals surface area contributed by atoms with Gasteiger partial charge in [-0.1, -0.05) is 0 Å². The number of anilines is 1. The third-order valence-electron chi connectivity index (χ3n) is 2.67. The van der Waals surface area contributed by atoms with Crippen molar-refractivity contribution in [2.24, 2.45) is 0 Å². The van der Waals surface area contributed by atoms with Crippen molar-refractivity contribution in [1.29, 1.82) is 0 Å². The second-order valence-corrected chi connectivity index (χ2v) is 7.10. The van der Waals surface area contributed by atoms with E-state index in [-0.39, 0.29) is 4.90 Å². The van der Waals surface area contributed by atoms with Crippen LogP contribution in [0.5, 0.6) is 11.5 Å². The van der Waals surface area contributed by atoms with Gasteiger partial charge in [0.2, 0.25) is 0 Å². The first kappa shape index (κ1) is 13.2. The number of sulfonamides is 1. The summed E-state index contributed by atoms with van der Waals surface area (Å²) < 4.78 is 37.7. The lowest BCUT2D eigenvalue weighted by Gasteiger charge is -2.18. The molecule has 1 aliphatic rings. The minimum absolute atomic E-state index is 0.120. The van der Waals surface area contributed by atoms with Crippen molar-refractivity contribution in [3.05, 3.63) is 29.3 Å². The molecule has 0 spiro atoms. The van der Waals surface area contributed by atoms with Gasteiger partial charge in [0.25, 0.3) is 10.0 Å². The molecule has 1 aromatic carbocycles. The number of ether oxygens (including phenoxy) is 2. The zero-order chi connectivity index (χ0) is 14.2. The largest absolute Gasteiger partial charge is 0.486 e. The van der Waals surface area contributed by atoms with E-state index < -0.39 is 10.0 Å². The maximum absolute atomic E-state index is 12.3. The first-order chi connectivity index (χ1) is 9.54. The van der Waals surface area contributed by atoms with Gasteiger partial charge in [-0.15, -0.1) is 11.3 Å². The summed E-state index contributed by atoms with van der Waals surface area (Å²) in [5, 5.41) is 0.345. The molecule has 3 rings (SSSR count). The molecular weight excluding hydrogens is 300 g/mol. The Morgan fingerprint density at radius 3 is 2.70 bits per heavy atom. The average molecular weight is 312 g/mol. The number of benzene rings is 1. The number of hydrogen-bond donors (Lipinski definition) is 1. The molecule has 0 bridgehead atoms. The number of aromatic nitrogens is 1. The predicted molar refractivity (Wildman–Crippen MR) is 75.1 cm³/mol. The van der Waals surface area contributed by atoms with Crippen LogP contribution in [0.2, 0.25) is 0 Å². The number of rotatable bonds is 3. The lowest BCUT2D eigenvalue weighted by Crippen LogP contribution is -2.17. The van der Waals surface area contributed by atoms with Gasteiger partial charge in [0, 0.05) is 17.1 Å². The van der Waals surface area contributed by atoms with Gasteiger partial charge in [0.15, 0.2) is 16.6 Å². The first-order valence-electron chi connectivity index (χ1n) is 5.89. The molecule has 2 aromatic rings. The van der Waals surface area contributed by atoms with Crippen molar-refractivity contribution in [3.63, 3.8) is 0 Å². The van der Waals surface area contributed by atoms with Crippen LogP contribution in [0.4, 0.5) is 5.13 Å². The standard InChI is InChI=1S/C12H12N2O4S2/c1-8-7-13-12(19-8)14-20(15,16)9-2-3-10-11(6-9)18-5-4-17-10/h2-3,6-7H,4-5H2,1H3,(H,13,14). The van der Waals surface area contributed by atoms with Crippen LogP contribution in [0.15, 0.2) is 29.3 Å². The number of thiazole rings is 1. The van der Waals surface area contributed by atoms with Crippen LogP contribution in [0, 0.1) is 6.92 Å². The van der Waals surface area contributed by atoms with E-state index >= 15 is 0 Å². The van der Waals surface area contributed by atoms with Gasteiger partial charge < -0.3 is 9.47 Å². The third-order valence-corrected chi connectivity index (χ3v) is 4.96. The number of hydrogen-bond acceptors (Lipinski definition) is 6. The Labute approximate surface area is 120 Å². The summed E-state index contributed by atoms with van der Waals surface area (Å²) in [4.78, 5) is 5.04. The lowest BCUT2D eigenvalue weighted by atomic mass is 10.3. The van der Waals surface area contributed by atoms with Gasteiger partial charge in [-0.25, -0.2) is 13.4 Å². The molecule has 1 aromatic heterocycles. The van der Waals surface area contributed by atoms with Gasteiger partial charge in [-0.05, 0) is 19.1 Å². The quantitative estimate of drug-likeness (QED) is 0.938. The van der Waals surface area contributed by atoms with Crippen LogP contribution in [-0.2, 0) is 10.0 Å². The summed E-state index contributed by atoms with van der Waals surface area (Å²) in [6.07, 6.45) is 1.62. The molecule has 0 fully saturated rings. The maximum Gasteiger partial charge on any atom is 0.263 e. The summed E-state index contributed by atoms with van der Waals surface area (Å²) >= 11 is 1.28. The van der Waals surface area contributed by atoms with E-state index in [2.05, 4.69) is 9.71 Å². The molecule has 0 amide bonds. The van der Waals surface area contributed by atoms with Crippen LogP contribution in [0.25, 0.3) is 0 Å². The molecule has 1 N–H and O–H groups in total. The maximum atomic E-state index is 12.3. The minimum Gasteiger partial charge on any atom is -0.486 e. The lowest BCUT2D eigenvalue weighted by molar-refractivity contribution is 0.171. The summed E-state index contributed by atoms with van der Waals surface area (Å²) in [6.45, 7) is 2.74. The van der Waals surface area contributed by atoms with Gasteiger partial charge in [0.1, 0.15) is 13.2 Å². The molecule has 0 unspecified atom stereocenters. The molecule has 8 heteroatoms. The molecule has 0 atom stereocenters. The van der Waals surface area contributed by atoms with E-state index in [1.807, 2.05) is 6.92 Å². The van der Waals surface area contributed by atoms with Gasteiger partial charge in [-0.3, -0.25) is 4.72 Å². The van der Waals surface area contributed by atoms with Crippen LogP contribution in [-0.4, -0.2) is 26.6 Å². The van der Waals surface area contributed by atoms with Crippen LogP contribution >= 0.6 is 11.3 Å². The van der Waals surface area contributed by atoms with E-state index in [1.165, 1.54) is 23.5 Å². The fourth-order valence-corrected chi connectivity index (χ4v) is 3.69. The Hall–Kier alpha value is -1.80. The van der Waals surface area contributed by atoms with Crippen LogP contribution < -0.4 is 14.2 Å². The van der Waals surface area contributed by atoms with Crippen LogP contribution in [0.3, 0.4) is 0 Å². The second kappa shape index (κ2) is 4.95. The fourth-order valence-electron chi connectivity index (χ4n) is 1.77. The van der Waals surface area contributed by atoms with E-state index in [4.69, 9.17) is 9.47 Å². The number of nitrogens with zero attached hydrogens (tertiary/aromatic N) is 1. The van der Waals surface area contributed by atoms with E-state index in [0.29, 0.717) is 29.8 Å². The smallest absolute Gasteiger partial charge is 0.263 e.